The second-order valence-corrected chi connectivity index (χ2v) is 3.44. The minimum absolute atomic E-state index is 0.355. The Bertz CT molecular complexity index is 279. The van der Waals surface area contributed by atoms with Gasteiger partial charge in [-0.1, -0.05) is 0 Å². The zero-order valence-electron chi connectivity index (χ0n) is 8.49. The summed E-state index contributed by atoms with van der Waals surface area (Å²) in [5.41, 5.74) is 7.47. The van der Waals surface area contributed by atoms with Crippen LogP contribution in [0.25, 0.3) is 0 Å². The maximum atomic E-state index is 9.81. The minimum atomic E-state index is -0.905. The van der Waals surface area contributed by atoms with Gasteiger partial charge in [-0.25, -0.2) is 0 Å². The molecule has 5 heteroatoms. The highest BCUT2D eigenvalue weighted by atomic mass is 16.3. The van der Waals surface area contributed by atoms with Crippen molar-refractivity contribution in [1.82, 2.24) is 10.2 Å². The minimum Gasteiger partial charge on any atom is -0.390 e. The molecule has 5 N–H and O–H groups in total. The molecular weight excluding hydrogens is 182 g/mol. The number of hydrogen-bond acceptors (Lipinski definition) is 4. The van der Waals surface area contributed by atoms with Crippen molar-refractivity contribution in [2.24, 2.45) is 5.73 Å². The molecule has 0 aromatic carbocycles. The van der Waals surface area contributed by atoms with E-state index in [9.17, 15) is 10.2 Å². The lowest BCUT2D eigenvalue weighted by Gasteiger charge is -2.17. The van der Waals surface area contributed by atoms with Crippen LogP contribution >= 0.6 is 0 Å². The second kappa shape index (κ2) is 4.54. The molecule has 1 aromatic rings. The third-order valence-corrected chi connectivity index (χ3v) is 2.31. The lowest BCUT2D eigenvalue weighted by atomic mass is 10.0. The smallest absolute Gasteiger partial charge is 0.108 e. The van der Waals surface area contributed by atoms with Gasteiger partial charge in [-0.05, 0) is 26.8 Å². The fourth-order valence-electron chi connectivity index (χ4n) is 1.52. The maximum Gasteiger partial charge on any atom is 0.108 e. The van der Waals surface area contributed by atoms with Crippen LogP contribution in [0.3, 0.4) is 0 Å². The highest BCUT2D eigenvalue weighted by Crippen LogP contribution is 2.23. The third-order valence-electron chi connectivity index (χ3n) is 2.31. The average molecular weight is 199 g/mol. The summed E-state index contributed by atoms with van der Waals surface area (Å²) >= 11 is 0. The summed E-state index contributed by atoms with van der Waals surface area (Å²) in [7, 11) is 0. The topological polar surface area (TPSA) is 95.2 Å². The Balaban J connectivity index is 2.82. The Morgan fingerprint density at radius 3 is 2.50 bits per heavy atom. The van der Waals surface area contributed by atoms with Gasteiger partial charge in [0.1, 0.15) is 6.10 Å². The molecule has 0 aliphatic heterocycles. The molecule has 5 nitrogen and oxygen atoms in total. The third kappa shape index (κ3) is 2.12. The Kier molecular flexibility index (Phi) is 3.62. The number of aliphatic hydroxyl groups excluding tert-OH is 2. The zero-order chi connectivity index (χ0) is 10.7. The molecule has 0 amide bonds. The normalized spacial score (nSPS) is 15.5. The van der Waals surface area contributed by atoms with Gasteiger partial charge in [0.05, 0.1) is 11.8 Å². The van der Waals surface area contributed by atoms with Crippen molar-refractivity contribution < 1.29 is 10.2 Å². The number of nitrogens with zero attached hydrogens (tertiary/aromatic N) is 1. The molecule has 2 unspecified atom stereocenters. The van der Waals surface area contributed by atoms with Crippen LogP contribution in [0.2, 0.25) is 0 Å². The summed E-state index contributed by atoms with van der Waals surface area (Å²) in [4.78, 5) is 0. The molecule has 0 saturated heterocycles. The summed E-state index contributed by atoms with van der Waals surface area (Å²) < 4.78 is 0. The number of aryl methyl sites for hydroxylation is 2. The van der Waals surface area contributed by atoms with E-state index in [1.807, 2.05) is 6.92 Å². The van der Waals surface area contributed by atoms with Crippen molar-refractivity contribution in [3.05, 3.63) is 17.0 Å². The summed E-state index contributed by atoms with van der Waals surface area (Å²) in [6, 6.07) is 0. The van der Waals surface area contributed by atoms with E-state index >= 15 is 0 Å². The molecule has 0 bridgehead atoms. The summed E-state index contributed by atoms with van der Waals surface area (Å²) in [6.45, 7) is 3.96. The molecule has 0 radical (unpaired) electrons. The SMILES string of the molecule is Cc1n[nH]c(C)c1C(O)C(O)CCN. The van der Waals surface area contributed by atoms with Crippen LogP contribution in [0.1, 0.15) is 29.5 Å². The first kappa shape index (κ1) is 11.2. The first-order chi connectivity index (χ1) is 6.57. The van der Waals surface area contributed by atoms with Gasteiger partial charge in [-0.2, -0.15) is 5.10 Å². The van der Waals surface area contributed by atoms with Crippen molar-refractivity contribution in [1.29, 1.82) is 0 Å². The first-order valence-corrected chi connectivity index (χ1v) is 4.65. The maximum absolute atomic E-state index is 9.81. The number of nitrogens with one attached hydrogen (secondary N) is 1. The summed E-state index contributed by atoms with van der Waals surface area (Å²) in [6.07, 6.45) is -1.35. The number of H-pyrrole nitrogens is 1. The number of aliphatic hydroxyl groups is 2. The molecule has 14 heavy (non-hydrogen) atoms. The molecule has 0 aliphatic rings. The van der Waals surface area contributed by atoms with Gasteiger partial charge < -0.3 is 15.9 Å². The van der Waals surface area contributed by atoms with E-state index in [2.05, 4.69) is 10.2 Å². The molecule has 1 aromatic heterocycles. The average Bonchev–Trinajstić information content (AvgIpc) is 2.46. The van der Waals surface area contributed by atoms with E-state index in [4.69, 9.17) is 5.73 Å². The molecule has 80 valence electrons. The molecule has 2 atom stereocenters. The monoisotopic (exact) mass is 199 g/mol. The van der Waals surface area contributed by atoms with Crippen LogP contribution in [0.15, 0.2) is 0 Å². The number of rotatable bonds is 4. The van der Waals surface area contributed by atoms with Gasteiger partial charge in [0, 0.05) is 11.3 Å². The summed E-state index contributed by atoms with van der Waals surface area (Å²) in [5.74, 6) is 0. The first-order valence-electron chi connectivity index (χ1n) is 4.65. The van der Waals surface area contributed by atoms with Gasteiger partial charge >= 0.3 is 0 Å². The summed E-state index contributed by atoms with van der Waals surface area (Å²) in [5, 5.41) is 26.1. The van der Waals surface area contributed by atoms with Gasteiger partial charge in [-0.3, -0.25) is 5.10 Å². The standard InChI is InChI=1S/C9H17N3O2/c1-5-8(6(2)12-11-5)9(14)7(13)3-4-10/h7,9,13-14H,3-4,10H2,1-2H3,(H,11,12). The molecule has 0 fully saturated rings. The van der Waals surface area contributed by atoms with Crippen LogP contribution in [0.5, 0.6) is 0 Å². The highest BCUT2D eigenvalue weighted by molar-refractivity contribution is 5.26. The van der Waals surface area contributed by atoms with Crippen LogP contribution in [0, 0.1) is 13.8 Å². The van der Waals surface area contributed by atoms with Gasteiger partial charge in [0.2, 0.25) is 0 Å². The number of aromatic nitrogens is 2. The second-order valence-electron chi connectivity index (χ2n) is 3.44. The van der Waals surface area contributed by atoms with Gasteiger partial charge in [0.15, 0.2) is 0 Å². The Labute approximate surface area is 82.9 Å². The van der Waals surface area contributed by atoms with E-state index in [0.29, 0.717) is 24.2 Å². The van der Waals surface area contributed by atoms with E-state index in [-0.39, 0.29) is 0 Å². The van der Waals surface area contributed by atoms with E-state index in [1.54, 1.807) is 6.92 Å². The van der Waals surface area contributed by atoms with Gasteiger partial charge in [0.25, 0.3) is 0 Å². The lowest BCUT2D eigenvalue weighted by molar-refractivity contribution is 0.0143. The molecule has 1 heterocycles. The van der Waals surface area contributed by atoms with Crippen LogP contribution < -0.4 is 5.73 Å². The highest BCUT2D eigenvalue weighted by Gasteiger charge is 2.22. The van der Waals surface area contributed by atoms with E-state index in [0.717, 1.165) is 5.69 Å². The zero-order valence-corrected chi connectivity index (χ0v) is 8.49. The lowest BCUT2D eigenvalue weighted by Crippen LogP contribution is -2.22. The molecule has 0 saturated carbocycles. The predicted molar refractivity (Wildman–Crippen MR) is 52.7 cm³/mol. The molecule has 0 aliphatic carbocycles. The van der Waals surface area contributed by atoms with Crippen molar-refractivity contribution >= 4 is 0 Å². The van der Waals surface area contributed by atoms with E-state index < -0.39 is 12.2 Å². The van der Waals surface area contributed by atoms with Crippen molar-refractivity contribution in [3.8, 4) is 0 Å². The van der Waals surface area contributed by atoms with Crippen LogP contribution in [-0.4, -0.2) is 33.1 Å². The van der Waals surface area contributed by atoms with E-state index in [1.165, 1.54) is 0 Å². The fraction of sp³-hybridized carbons (Fsp3) is 0.667. The number of nitrogens with two attached hydrogens (primary N) is 1. The van der Waals surface area contributed by atoms with Gasteiger partial charge in [-0.15, -0.1) is 0 Å². The predicted octanol–water partition coefficient (Wildman–Crippen LogP) is -0.230. The largest absolute Gasteiger partial charge is 0.390 e. The molecular formula is C9H17N3O2. The van der Waals surface area contributed by atoms with Crippen molar-refractivity contribution in [2.75, 3.05) is 6.54 Å². The Morgan fingerprint density at radius 2 is 2.07 bits per heavy atom. The number of hydrogen-bond donors (Lipinski definition) is 4. The van der Waals surface area contributed by atoms with Crippen molar-refractivity contribution in [2.45, 2.75) is 32.5 Å². The number of aromatic amines is 1. The Morgan fingerprint density at radius 1 is 1.43 bits per heavy atom. The fourth-order valence-corrected chi connectivity index (χ4v) is 1.52. The molecule has 0 spiro atoms. The van der Waals surface area contributed by atoms with Crippen LogP contribution in [0.4, 0.5) is 0 Å². The van der Waals surface area contributed by atoms with Crippen molar-refractivity contribution in [3.63, 3.8) is 0 Å². The van der Waals surface area contributed by atoms with Crippen LogP contribution in [-0.2, 0) is 0 Å². The Hall–Kier alpha value is -0.910. The molecule has 1 rings (SSSR count). The quantitative estimate of drug-likeness (QED) is 0.538.